The number of rotatable bonds is 5. The zero-order valence-corrected chi connectivity index (χ0v) is 20.9. The molecule has 7 nitrogen and oxygen atoms in total. The minimum absolute atomic E-state index is 0.0863. The van der Waals surface area contributed by atoms with Crippen LogP contribution in [0.3, 0.4) is 0 Å². The third-order valence-electron chi connectivity index (χ3n) is 7.64. The summed E-state index contributed by atoms with van der Waals surface area (Å²) in [6.07, 6.45) is 3.97. The molecule has 2 fully saturated rings. The monoisotopic (exact) mass is 463 g/mol. The lowest BCUT2D eigenvalue weighted by Crippen LogP contribution is -2.56. The Hall–Kier alpha value is -2.96. The minimum Gasteiger partial charge on any atom is -0.373 e. The first-order valence-corrected chi connectivity index (χ1v) is 12.4. The highest BCUT2D eigenvalue weighted by Gasteiger charge is 2.47. The van der Waals surface area contributed by atoms with Crippen molar-refractivity contribution in [1.82, 2.24) is 19.8 Å². The summed E-state index contributed by atoms with van der Waals surface area (Å²) in [4.78, 5) is 39.7. The summed E-state index contributed by atoms with van der Waals surface area (Å²) in [5.41, 5.74) is 1.32. The predicted molar refractivity (Wildman–Crippen MR) is 134 cm³/mol. The molecule has 0 saturated carbocycles. The van der Waals surface area contributed by atoms with Crippen molar-refractivity contribution in [2.45, 2.75) is 58.3 Å². The van der Waals surface area contributed by atoms with Crippen molar-refractivity contribution in [3.63, 3.8) is 0 Å². The van der Waals surface area contributed by atoms with E-state index in [1.165, 1.54) is 5.56 Å². The zero-order chi connectivity index (χ0) is 24.3. The quantitative estimate of drug-likeness (QED) is 0.733. The smallest absolute Gasteiger partial charge is 0.229 e. The van der Waals surface area contributed by atoms with E-state index in [1.807, 2.05) is 43.1 Å². The summed E-state index contributed by atoms with van der Waals surface area (Å²) in [6, 6.07) is 12.2. The Kier molecular flexibility index (Phi) is 6.91. The third kappa shape index (κ3) is 4.93. The van der Waals surface area contributed by atoms with Gasteiger partial charge >= 0.3 is 0 Å². The van der Waals surface area contributed by atoms with Gasteiger partial charge in [0.25, 0.3) is 0 Å². The van der Waals surface area contributed by atoms with Crippen LogP contribution in [0, 0.1) is 12.3 Å². The van der Waals surface area contributed by atoms with E-state index >= 15 is 0 Å². The fourth-order valence-electron chi connectivity index (χ4n) is 5.60. The molecule has 0 spiro atoms. The number of nitrogens with one attached hydrogen (secondary N) is 1. The maximum atomic E-state index is 14.2. The molecular weight excluding hydrogens is 426 g/mol. The van der Waals surface area contributed by atoms with Crippen LogP contribution in [-0.4, -0.2) is 64.8 Å². The van der Waals surface area contributed by atoms with Crippen LogP contribution >= 0.6 is 0 Å². The zero-order valence-electron chi connectivity index (χ0n) is 20.9. The van der Waals surface area contributed by atoms with E-state index in [9.17, 15) is 9.59 Å². The fourth-order valence-corrected chi connectivity index (χ4v) is 5.60. The van der Waals surface area contributed by atoms with Gasteiger partial charge in [-0.3, -0.25) is 9.59 Å². The standard InChI is InChI=1S/C27H37N5O2/c1-20-17-23(28-4)30-24(29-20)26(3)11-8-14-32(19-26)25(34)27(18-22-9-6-5-7-10-22)12-15-31(16-13-27)21(2)33/h5-7,9-10,17H,8,11-16,18-19H2,1-4H3,(H,28,29,30)/t26-/m0/s1. The molecule has 2 aliphatic heterocycles. The van der Waals surface area contributed by atoms with Crippen LogP contribution in [0.1, 0.15) is 56.6 Å². The Balaban J connectivity index is 1.61. The van der Waals surface area contributed by atoms with E-state index in [0.29, 0.717) is 38.9 Å². The average molecular weight is 464 g/mol. The summed E-state index contributed by atoms with van der Waals surface area (Å²) < 4.78 is 0. The van der Waals surface area contributed by atoms with E-state index in [1.54, 1.807) is 6.92 Å². The molecule has 182 valence electrons. The number of anilines is 1. The highest BCUT2D eigenvalue weighted by atomic mass is 16.2. The summed E-state index contributed by atoms with van der Waals surface area (Å²) in [7, 11) is 1.87. The Bertz CT molecular complexity index is 1030. The van der Waals surface area contributed by atoms with Gasteiger partial charge in [-0.25, -0.2) is 9.97 Å². The lowest BCUT2D eigenvalue weighted by Gasteiger charge is -2.47. The number of carbonyl (C=O) groups excluding carboxylic acids is 2. The Labute approximate surface area is 203 Å². The van der Waals surface area contributed by atoms with Crippen LogP contribution in [0.15, 0.2) is 36.4 Å². The first-order chi connectivity index (χ1) is 16.2. The number of hydrogen-bond donors (Lipinski definition) is 1. The van der Waals surface area contributed by atoms with Crippen molar-refractivity contribution in [2.24, 2.45) is 5.41 Å². The lowest BCUT2D eigenvalue weighted by molar-refractivity contribution is -0.150. The van der Waals surface area contributed by atoms with Gasteiger partial charge in [0.2, 0.25) is 11.8 Å². The van der Waals surface area contributed by atoms with Gasteiger partial charge in [-0.1, -0.05) is 37.3 Å². The molecule has 1 aromatic carbocycles. The average Bonchev–Trinajstić information content (AvgIpc) is 2.84. The van der Waals surface area contributed by atoms with Crippen LogP contribution < -0.4 is 5.32 Å². The van der Waals surface area contributed by atoms with Gasteiger partial charge in [-0.15, -0.1) is 0 Å². The number of aryl methyl sites for hydroxylation is 1. The topological polar surface area (TPSA) is 78.4 Å². The van der Waals surface area contributed by atoms with Crippen LogP contribution in [-0.2, 0) is 21.4 Å². The van der Waals surface area contributed by atoms with Gasteiger partial charge in [0.1, 0.15) is 11.6 Å². The number of hydrogen-bond acceptors (Lipinski definition) is 5. The van der Waals surface area contributed by atoms with E-state index in [4.69, 9.17) is 9.97 Å². The molecule has 4 rings (SSSR count). The number of carbonyl (C=O) groups is 2. The number of amides is 2. The molecule has 3 heterocycles. The SMILES string of the molecule is CNc1cc(C)nc([C@@]2(C)CCCN(C(=O)C3(Cc4ccccc4)CCN(C(C)=O)CC3)C2)n1. The second kappa shape index (κ2) is 9.72. The van der Waals surface area contributed by atoms with Crippen molar-refractivity contribution < 1.29 is 9.59 Å². The molecule has 2 saturated heterocycles. The number of nitrogens with zero attached hydrogens (tertiary/aromatic N) is 4. The Morgan fingerprint density at radius 2 is 1.74 bits per heavy atom. The van der Waals surface area contributed by atoms with Gasteiger partial charge in [-0.2, -0.15) is 0 Å². The third-order valence-corrected chi connectivity index (χ3v) is 7.64. The second-order valence-corrected chi connectivity index (χ2v) is 10.3. The van der Waals surface area contributed by atoms with Crippen molar-refractivity contribution in [3.05, 3.63) is 53.5 Å². The molecule has 7 heteroatoms. The molecular formula is C27H37N5O2. The minimum atomic E-state index is -0.491. The van der Waals surface area contributed by atoms with Crippen molar-refractivity contribution in [2.75, 3.05) is 38.5 Å². The summed E-state index contributed by atoms with van der Waals surface area (Å²) in [5, 5.41) is 3.13. The van der Waals surface area contributed by atoms with Crippen molar-refractivity contribution in [3.8, 4) is 0 Å². The Morgan fingerprint density at radius 3 is 2.38 bits per heavy atom. The second-order valence-electron chi connectivity index (χ2n) is 10.3. The van der Waals surface area contributed by atoms with E-state index in [0.717, 1.165) is 36.7 Å². The van der Waals surface area contributed by atoms with Crippen molar-refractivity contribution >= 4 is 17.6 Å². The molecule has 2 amide bonds. The molecule has 34 heavy (non-hydrogen) atoms. The predicted octanol–water partition coefficient (Wildman–Crippen LogP) is 3.58. The van der Waals surface area contributed by atoms with Crippen molar-refractivity contribution in [1.29, 1.82) is 0 Å². The Morgan fingerprint density at radius 1 is 1.03 bits per heavy atom. The number of aromatic nitrogens is 2. The van der Waals surface area contributed by atoms with Crippen LogP contribution in [0.5, 0.6) is 0 Å². The fraction of sp³-hybridized carbons (Fsp3) is 0.556. The highest BCUT2D eigenvalue weighted by Crippen LogP contribution is 2.40. The normalized spacial score (nSPS) is 22.4. The molecule has 0 unspecified atom stereocenters. The van der Waals surface area contributed by atoms with Gasteiger partial charge < -0.3 is 15.1 Å². The first kappa shape index (κ1) is 24.2. The van der Waals surface area contributed by atoms with Crippen LogP contribution in [0.2, 0.25) is 0 Å². The molecule has 2 aliphatic rings. The molecule has 0 radical (unpaired) electrons. The molecule has 2 aromatic rings. The van der Waals surface area contributed by atoms with Gasteiger partial charge in [0.05, 0.1) is 5.41 Å². The molecule has 1 aromatic heterocycles. The van der Waals surface area contributed by atoms with E-state index < -0.39 is 5.41 Å². The maximum Gasteiger partial charge on any atom is 0.229 e. The van der Waals surface area contributed by atoms with Crippen LogP contribution in [0.4, 0.5) is 5.82 Å². The number of benzene rings is 1. The van der Waals surface area contributed by atoms with E-state index in [2.05, 4.69) is 29.3 Å². The van der Waals surface area contributed by atoms with Gasteiger partial charge in [0, 0.05) is 57.3 Å². The first-order valence-electron chi connectivity index (χ1n) is 12.4. The molecule has 1 atom stereocenters. The molecule has 0 bridgehead atoms. The van der Waals surface area contributed by atoms with E-state index in [-0.39, 0.29) is 17.2 Å². The summed E-state index contributed by atoms with van der Waals surface area (Å²) in [6.45, 7) is 8.42. The number of likely N-dealkylation sites (tertiary alicyclic amines) is 2. The van der Waals surface area contributed by atoms with Gasteiger partial charge in [0.15, 0.2) is 0 Å². The largest absolute Gasteiger partial charge is 0.373 e. The van der Waals surface area contributed by atoms with Crippen LogP contribution in [0.25, 0.3) is 0 Å². The molecule has 1 N–H and O–H groups in total. The molecule has 0 aliphatic carbocycles. The number of piperidine rings is 2. The lowest BCUT2D eigenvalue weighted by atomic mass is 9.71. The maximum absolute atomic E-state index is 14.2. The summed E-state index contributed by atoms with van der Waals surface area (Å²) in [5.74, 6) is 1.91. The van der Waals surface area contributed by atoms with Gasteiger partial charge in [-0.05, 0) is 44.6 Å². The highest BCUT2D eigenvalue weighted by molar-refractivity contribution is 5.84. The summed E-state index contributed by atoms with van der Waals surface area (Å²) >= 11 is 0.